The van der Waals surface area contributed by atoms with Gasteiger partial charge in [-0.1, -0.05) is 36.4 Å². The molecule has 0 saturated heterocycles. The van der Waals surface area contributed by atoms with Crippen molar-refractivity contribution in [3.8, 4) is 0 Å². The van der Waals surface area contributed by atoms with E-state index in [2.05, 4.69) is 5.32 Å². The number of hydrogen-bond acceptors (Lipinski definition) is 4. The predicted molar refractivity (Wildman–Crippen MR) is 114 cm³/mol. The molecule has 1 heterocycles. The van der Waals surface area contributed by atoms with Gasteiger partial charge in [0.25, 0.3) is 0 Å². The summed E-state index contributed by atoms with van der Waals surface area (Å²) in [7, 11) is -4.06. The number of hydrogen-bond donors (Lipinski definition) is 1. The summed E-state index contributed by atoms with van der Waals surface area (Å²) >= 11 is 0. The topological polar surface area (TPSA) is 79.6 Å². The zero-order valence-electron chi connectivity index (χ0n) is 16.6. The Hall–Kier alpha value is -3.37. The molecule has 10 heteroatoms. The number of carbonyl (C=O) groups is 1. The fourth-order valence-electron chi connectivity index (χ4n) is 2.76. The molecule has 6 nitrogen and oxygen atoms in total. The first-order valence-corrected chi connectivity index (χ1v) is 10.9. The van der Waals surface area contributed by atoms with Crippen molar-refractivity contribution >= 4 is 27.7 Å². The molecular weight excluding hydrogens is 445 g/mol. The summed E-state index contributed by atoms with van der Waals surface area (Å²) in [6.45, 7) is -0.858. The highest BCUT2D eigenvalue weighted by Gasteiger charge is 2.30. The maximum Gasteiger partial charge on any atom is 0.416 e. The van der Waals surface area contributed by atoms with Crippen LogP contribution in [0.25, 0.3) is 6.08 Å². The van der Waals surface area contributed by atoms with Crippen LogP contribution in [0, 0.1) is 0 Å². The second-order valence-corrected chi connectivity index (χ2v) is 8.55. The second kappa shape index (κ2) is 9.84. The Bertz CT molecular complexity index is 1180. The van der Waals surface area contributed by atoms with Gasteiger partial charge in [0.15, 0.2) is 0 Å². The normalized spacial score (nSPS) is 12.4. The summed E-state index contributed by atoms with van der Waals surface area (Å²) in [5.41, 5.74) is -0.386. The van der Waals surface area contributed by atoms with Crippen LogP contribution in [0.15, 0.2) is 82.8 Å². The van der Waals surface area contributed by atoms with Gasteiger partial charge in [-0.25, -0.2) is 8.42 Å². The number of rotatable bonds is 8. The van der Waals surface area contributed by atoms with Gasteiger partial charge in [0, 0.05) is 11.1 Å². The van der Waals surface area contributed by atoms with Crippen LogP contribution in [0.3, 0.4) is 0 Å². The lowest BCUT2D eigenvalue weighted by molar-refractivity contribution is -0.137. The summed E-state index contributed by atoms with van der Waals surface area (Å²) in [5, 5.41) is 3.27. The zero-order valence-corrected chi connectivity index (χ0v) is 17.4. The van der Waals surface area contributed by atoms with E-state index in [1.807, 2.05) is 0 Å². The van der Waals surface area contributed by atoms with E-state index in [1.54, 1.807) is 42.5 Å². The van der Waals surface area contributed by atoms with Gasteiger partial charge in [-0.15, -0.1) is 0 Å². The molecule has 2 aromatic carbocycles. The third-order valence-electron chi connectivity index (χ3n) is 4.30. The minimum Gasteiger partial charge on any atom is -0.468 e. The quantitative estimate of drug-likeness (QED) is 0.522. The summed E-state index contributed by atoms with van der Waals surface area (Å²) in [6.07, 6.45) is -1.82. The average Bonchev–Trinajstić information content (AvgIpc) is 3.25. The van der Waals surface area contributed by atoms with Crippen LogP contribution in [-0.2, 0) is 27.5 Å². The number of amides is 1. The van der Waals surface area contributed by atoms with E-state index in [1.165, 1.54) is 18.4 Å². The fraction of sp³-hybridized carbons (Fsp3) is 0.136. The molecule has 0 aliphatic carbocycles. The highest BCUT2D eigenvalue weighted by molar-refractivity contribution is 7.92. The number of sulfonamides is 1. The van der Waals surface area contributed by atoms with E-state index in [4.69, 9.17) is 4.42 Å². The van der Waals surface area contributed by atoms with Gasteiger partial charge in [0.05, 0.1) is 24.9 Å². The first-order chi connectivity index (χ1) is 15.1. The van der Waals surface area contributed by atoms with Crippen LogP contribution in [0.2, 0.25) is 0 Å². The molecule has 0 aliphatic rings. The first kappa shape index (κ1) is 23.3. The second-order valence-electron chi connectivity index (χ2n) is 6.73. The molecule has 168 valence electrons. The van der Waals surface area contributed by atoms with Crippen LogP contribution >= 0.6 is 0 Å². The molecule has 0 saturated carbocycles. The van der Waals surface area contributed by atoms with E-state index >= 15 is 0 Å². The maximum absolute atomic E-state index is 12.9. The van der Waals surface area contributed by atoms with Crippen LogP contribution in [0.5, 0.6) is 0 Å². The molecular formula is C22H19F3N2O4S. The molecule has 3 aromatic rings. The molecule has 0 radical (unpaired) electrons. The number of alkyl halides is 3. The van der Waals surface area contributed by atoms with Crippen molar-refractivity contribution in [3.63, 3.8) is 0 Å². The van der Waals surface area contributed by atoms with Crippen LogP contribution in [0.1, 0.15) is 16.9 Å². The molecule has 3 rings (SSSR count). The number of nitrogens with one attached hydrogen (secondary N) is 1. The summed E-state index contributed by atoms with van der Waals surface area (Å²) in [4.78, 5) is 12.5. The third-order valence-corrected chi connectivity index (χ3v) is 5.76. The molecule has 0 fully saturated rings. The first-order valence-electron chi connectivity index (χ1n) is 9.36. The van der Waals surface area contributed by atoms with Crippen LogP contribution in [0.4, 0.5) is 18.9 Å². The minimum atomic E-state index is -4.57. The lowest BCUT2D eigenvalue weighted by Gasteiger charge is -2.19. The van der Waals surface area contributed by atoms with Crippen molar-refractivity contribution in [1.82, 2.24) is 4.31 Å². The number of furan rings is 1. The fourth-order valence-corrected chi connectivity index (χ4v) is 3.87. The smallest absolute Gasteiger partial charge is 0.416 e. The molecule has 0 aliphatic heterocycles. The largest absolute Gasteiger partial charge is 0.468 e. The summed E-state index contributed by atoms with van der Waals surface area (Å²) < 4.78 is 70.5. The van der Waals surface area contributed by atoms with Crippen LogP contribution in [-0.4, -0.2) is 25.2 Å². The van der Waals surface area contributed by atoms with E-state index < -0.39 is 34.2 Å². The Labute approximate surface area is 183 Å². The monoisotopic (exact) mass is 464 g/mol. The molecule has 1 aromatic heterocycles. The van der Waals surface area contributed by atoms with E-state index in [-0.39, 0.29) is 12.2 Å². The van der Waals surface area contributed by atoms with E-state index in [0.717, 1.165) is 27.9 Å². The van der Waals surface area contributed by atoms with Gasteiger partial charge in [-0.3, -0.25) is 4.79 Å². The molecule has 32 heavy (non-hydrogen) atoms. The van der Waals surface area contributed by atoms with E-state index in [9.17, 15) is 26.4 Å². The zero-order chi connectivity index (χ0) is 23.2. The van der Waals surface area contributed by atoms with Gasteiger partial charge in [0.2, 0.25) is 15.9 Å². The maximum atomic E-state index is 12.9. The molecule has 0 unspecified atom stereocenters. The molecule has 1 amide bonds. The van der Waals surface area contributed by atoms with Gasteiger partial charge in [0.1, 0.15) is 5.76 Å². The SMILES string of the molecule is O=C(CN(Cc1ccco1)S(=O)(=O)C=Cc1ccccc1)Nc1cccc(C(F)(F)F)c1. The van der Waals surface area contributed by atoms with Gasteiger partial charge in [-0.05, 0) is 42.0 Å². The van der Waals surface area contributed by atoms with E-state index in [0.29, 0.717) is 11.3 Å². The van der Waals surface area contributed by atoms with Crippen molar-refractivity contribution in [2.45, 2.75) is 12.7 Å². The molecule has 0 bridgehead atoms. The Morgan fingerprint density at radius 2 is 1.78 bits per heavy atom. The van der Waals surface area contributed by atoms with Crippen molar-refractivity contribution in [1.29, 1.82) is 0 Å². The van der Waals surface area contributed by atoms with Crippen molar-refractivity contribution in [3.05, 3.63) is 95.3 Å². The number of benzene rings is 2. The van der Waals surface area contributed by atoms with Crippen molar-refractivity contribution < 1.29 is 30.8 Å². The Balaban J connectivity index is 1.78. The Kier molecular flexibility index (Phi) is 7.16. The average molecular weight is 464 g/mol. The lowest BCUT2D eigenvalue weighted by atomic mass is 10.2. The number of halogens is 3. The number of anilines is 1. The predicted octanol–water partition coefficient (Wildman–Crippen LogP) is 4.74. The third kappa shape index (κ3) is 6.56. The highest BCUT2D eigenvalue weighted by atomic mass is 32.2. The molecule has 1 N–H and O–H groups in total. The number of nitrogens with zero attached hydrogens (tertiary/aromatic N) is 1. The molecule has 0 spiro atoms. The van der Waals surface area contributed by atoms with Gasteiger partial charge >= 0.3 is 6.18 Å². The van der Waals surface area contributed by atoms with Gasteiger partial charge in [-0.2, -0.15) is 17.5 Å². The minimum absolute atomic E-state index is 0.0972. The number of carbonyl (C=O) groups excluding carboxylic acids is 1. The lowest BCUT2D eigenvalue weighted by Crippen LogP contribution is -2.36. The highest BCUT2D eigenvalue weighted by Crippen LogP contribution is 2.30. The van der Waals surface area contributed by atoms with Gasteiger partial charge < -0.3 is 9.73 Å². The van der Waals surface area contributed by atoms with Crippen molar-refractivity contribution in [2.75, 3.05) is 11.9 Å². The Morgan fingerprint density at radius 1 is 1.03 bits per heavy atom. The summed E-state index contributed by atoms with van der Waals surface area (Å²) in [6, 6.07) is 15.9. The van der Waals surface area contributed by atoms with Crippen LogP contribution < -0.4 is 5.32 Å². The summed E-state index contributed by atoms with van der Waals surface area (Å²) in [5.74, 6) is -0.499. The van der Waals surface area contributed by atoms with Crippen molar-refractivity contribution in [2.24, 2.45) is 0 Å². The Morgan fingerprint density at radius 3 is 2.44 bits per heavy atom. The standard InChI is InChI=1S/C22H19F3N2O4S/c23-22(24,25)18-8-4-9-19(14-18)26-21(28)16-27(15-20-10-5-12-31-20)32(29,30)13-11-17-6-2-1-3-7-17/h1-14H,15-16H2,(H,26,28). The molecule has 0 atom stereocenters.